The number of thiocarbonyl (C=S) groups is 1. The molecule has 0 radical (unpaired) electrons. The first-order valence-electron chi connectivity index (χ1n) is 13.2. The van der Waals surface area contributed by atoms with E-state index in [0.29, 0.717) is 54.6 Å². The zero-order valence-corrected chi connectivity index (χ0v) is 23.8. The van der Waals surface area contributed by atoms with Crippen molar-refractivity contribution >= 4 is 52.1 Å². The van der Waals surface area contributed by atoms with Crippen LogP contribution in [-0.4, -0.2) is 54.6 Å². The number of hydrogen-bond donors (Lipinski definition) is 2. The van der Waals surface area contributed by atoms with Gasteiger partial charge in [0.2, 0.25) is 0 Å². The Morgan fingerprint density at radius 2 is 1.59 bits per heavy atom. The van der Waals surface area contributed by atoms with Gasteiger partial charge in [-0.3, -0.25) is 14.9 Å². The van der Waals surface area contributed by atoms with Crippen molar-refractivity contribution in [2.24, 2.45) is 0 Å². The number of benzene rings is 3. The normalized spacial score (nSPS) is 13.1. The van der Waals surface area contributed by atoms with Crippen molar-refractivity contribution in [3.8, 4) is 5.75 Å². The average molecular weight is 565 g/mol. The van der Waals surface area contributed by atoms with Gasteiger partial charge < -0.3 is 19.9 Å². The molecule has 7 nitrogen and oxygen atoms in total. The number of hydrogen-bond acceptors (Lipinski definition) is 5. The summed E-state index contributed by atoms with van der Waals surface area (Å²) in [5, 5.41) is 6.49. The molecule has 3 aromatic rings. The summed E-state index contributed by atoms with van der Waals surface area (Å²) in [6.07, 6.45) is 1.85. The SMILES string of the molecule is CCCOc1ccc(C(=O)N2CCN(c3ccc(NC(=S)NC(=O)c4ccc(CC)cc4)cc3Cl)CC2)cc1. The van der Waals surface area contributed by atoms with E-state index in [0.717, 1.165) is 29.8 Å². The second-order valence-corrected chi connectivity index (χ2v) is 10.1. The smallest absolute Gasteiger partial charge is 0.257 e. The summed E-state index contributed by atoms with van der Waals surface area (Å²) in [4.78, 5) is 29.5. The maximum absolute atomic E-state index is 13.0. The molecule has 3 aromatic carbocycles. The highest BCUT2D eigenvalue weighted by Crippen LogP contribution is 2.30. The fourth-order valence-corrected chi connectivity index (χ4v) is 4.83. The number of nitrogens with zero attached hydrogens (tertiary/aromatic N) is 2. The van der Waals surface area contributed by atoms with Crippen molar-refractivity contribution in [1.82, 2.24) is 10.2 Å². The molecule has 39 heavy (non-hydrogen) atoms. The zero-order chi connectivity index (χ0) is 27.8. The highest BCUT2D eigenvalue weighted by atomic mass is 35.5. The number of anilines is 2. The third-order valence-electron chi connectivity index (χ3n) is 6.54. The molecule has 2 N–H and O–H groups in total. The molecule has 0 atom stereocenters. The first-order valence-corrected chi connectivity index (χ1v) is 13.9. The zero-order valence-electron chi connectivity index (χ0n) is 22.2. The monoisotopic (exact) mass is 564 g/mol. The second kappa shape index (κ2) is 13.4. The number of piperazine rings is 1. The lowest BCUT2D eigenvalue weighted by Crippen LogP contribution is -2.48. The predicted octanol–water partition coefficient (Wildman–Crippen LogP) is 5.78. The lowest BCUT2D eigenvalue weighted by molar-refractivity contribution is 0.0746. The summed E-state index contributed by atoms with van der Waals surface area (Å²) in [7, 11) is 0. The van der Waals surface area contributed by atoms with Gasteiger partial charge in [-0.15, -0.1) is 0 Å². The van der Waals surface area contributed by atoms with Gasteiger partial charge in [0.25, 0.3) is 11.8 Å². The largest absolute Gasteiger partial charge is 0.494 e. The summed E-state index contributed by atoms with van der Waals surface area (Å²) in [5.41, 5.74) is 3.92. The molecule has 0 aliphatic carbocycles. The minimum atomic E-state index is -0.272. The number of halogens is 1. The molecule has 0 bridgehead atoms. The maximum Gasteiger partial charge on any atom is 0.257 e. The Bertz CT molecular complexity index is 1310. The molecular formula is C30H33ClN4O3S. The fraction of sp³-hybridized carbons (Fsp3) is 0.300. The second-order valence-electron chi connectivity index (χ2n) is 9.28. The van der Waals surface area contributed by atoms with E-state index in [4.69, 9.17) is 28.6 Å². The fourth-order valence-electron chi connectivity index (χ4n) is 4.32. The third-order valence-corrected chi connectivity index (χ3v) is 7.05. The molecule has 0 spiro atoms. The van der Waals surface area contributed by atoms with Gasteiger partial charge in [-0.05, 0) is 85.2 Å². The minimum Gasteiger partial charge on any atom is -0.494 e. The van der Waals surface area contributed by atoms with E-state index in [1.165, 1.54) is 0 Å². The van der Waals surface area contributed by atoms with E-state index in [2.05, 4.69) is 29.4 Å². The number of rotatable bonds is 8. The average Bonchev–Trinajstić information content (AvgIpc) is 2.96. The lowest BCUT2D eigenvalue weighted by Gasteiger charge is -2.36. The van der Waals surface area contributed by atoms with Gasteiger partial charge in [-0.25, -0.2) is 0 Å². The molecule has 204 valence electrons. The van der Waals surface area contributed by atoms with E-state index in [1.54, 1.807) is 18.2 Å². The van der Waals surface area contributed by atoms with Gasteiger partial charge in [-0.2, -0.15) is 0 Å². The van der Waals surface area contributed by atoms with Crippen LogP contribution in [0.2, 0.25) is 5.02 Å². The van der Waals surface area contributed by atoms with Crippen LogP contribution in [0.15, 0.2) is 66.7 Å². The number of carbonyl (C=O) groups is 2. The molecular weight excluding hydrogens is 532 g/mol. The first-order chi connectivity index (χ1) is 18.9. The number of ether oxygens (including phenoxy) is 1. The standard InChI is InChI=1S/C30H33ClN4O3S/c1-3-19-38-25-12-9-23(10-13-25)29(37)35-17-15-34(16-18-35)27-14-11-24(20-26(27)31)32-30(39)33-28(36)22-7-5-21(4-2)6-8-22/h5-14,20H,3-4,15-19H2,1-2H3,(H2,32,33,36,39). The van der Waals surface area contributed by atoms with Crippen LogP contribution < -0.4 is 20.3 Å². The van der Waals surface area contributed by atoms with Gasteiger partial charge in [-0.1, -0.05) is 37.6 Å². The molecule has 1 fully saturated rings. The summed E-state index contributed by atoms with van der Waals surface area (Å²) in [6.45, 7) is 7.31. The summed E-state index contributed by atoms with van der Waals surface area (Å²) in [5.74, 6) is 0.515. The Labute approximate surface area is 240 Å². The van der Waals surface area contributed by atoms with E-state index >= 15 is 0 Å². The van der Waals surface area contributed by atoms with E-state index in [9.17, 15) is 9.59 Å². The van der Waals surface area contributed by atoms with Crippen LogP contribution >= 0.6 is 23.8 Å². The van der Waals surface area contributed by atoms with E-state index in [-0.39, 0.29) is 16.9 Å². The molecule has 0 saturated carbocycles. The molecule has 0 aromatic heterocycles. The van der Waals surface area contributed by atoms with Gasteiger partial charge in [0.15, 0.2) is 5.11 Å². The summed E-state index contributed by atoms with van der Waals surface area (Å²) >= 11 is 11.9. The van der Waals surface area contributed by atoms with Crippen LogP contribution in [0.3, 0.4) is 0 Å². The molecule has 2 amide bonds. The molecule has 1 saturated heterocycles. The topological polar surface area (TPSA) is 73.9 Å². The van der Waals surface area contributed by atoms with E-state index < -0.39 is 0 Å². The number of nitrogens with one attached hydrogen (secondary N) is 2. The van der Waals surface area contributed by atoms with Crippen molar-refractivity contribution in [2.45, 2.75) is 26.7 Å². The molecule has 9 heteroatoms. The number of aryl methyl sites for hydroxylation is 1. The van der Waals surface area contributed by atoms with E-state index in [1.807, 2.05) is 53.4 Å². The van der Waals surface area contributed by atoms with Gasteiger partial charge >= 0.3 is 0 Å². The van der Waals surface area contributed by atoms with Crippen LogP contribution in [0.5, 0.6) is 5.75 Å². The Morgan fingerprint density at radius 1 is 0.923 bits per heavy atom. The van der Waals surface area contributed by atoms with Gasteiger partial charge in [0.05, 0.1) is 17.3 Å². The Balaban J connectivity index is 1.29. The number of carbonyl (C=O) groups excluding carboxylic acids is 2. The molecule has 4 rings (SSSR count). The molecule has 1 aliphatic heterocycles. The van der Waals surface area contributed by atoms with Crippen LogP contribution in [0.1, 0.15) is 46.5 Å². The highest BCUT2D eigenvalue weighted by molar-refractivity contribution is 7.80. The Morgan fingerprint density at radius 3 is 2.21 bits per heavy atom. The van der Waals surface area contributed by atoms with Crippen molar-refractivity contribution in [3.63, 3.8) is 0 Å². The van der Waals surface area contributed by atoms with Crippen LogP contribution in [-0.2, 0) is 6.42 Å². The Kier molecular flexibility index (Phi) is 9.79. The van der Waals surface area contributed by atoms with Crippen molar-refractivity contribution in [1.29, 1.82) is 0 Å². The van der Waals surface area contributed by atoms with Crippen molar-refractivity contribution in [2.75, 3.05) is 43.0 Å². The third kappa shape index (κ3) is 7.49. The minimum absolute atomic E-state index is 0.0132. The van der Waals surface area contributed by atoms with Crippen LogP contribution in [0.25, 0.3) is 0 Å². The van der Waals surface area contributed by atoms with Gasteiger partial charge in [0.1, 0.15) is 5.75 Å². The predicted molar refractivity (Wildman–Crippen MR) is 161 cm³/mol. The van der Waals surface area contributed by atoms with Crippen LogP contribution in [0, 0.1) is 0 Å². The molecule has 1 aliphatic rings. The molecule has 1 heterocycles. The summed E-state index contributed by atoms with van der Waals surface area (Å²) < 4.78 is 5.61. The lowest BCUT2D eigenvalue weighted by atomic mass is 10.1. The van der Waals surface area contributed by atoms with Crippen molar-refractivity contribution in [3.05, 3.63) is 88.4 Å². The number of amides is 2. The van der Waals surface area contributed by atoms with Crippen molar-refractivity contribution < 1.29 is 14.3 Å². The summed E-state index contributed by atoms with van der Waals surface area (Å²) in [6, 6.07) is 20.3. The van der Waals surface area contributed by atoms with Crippen LogP contribution in [0.4, 0.5) is 11.4 Å². The first kappa shape index (κ1) is 28.4. The molecule has 0 unspecified atom stereocenters. The maximum atomic E-state index is 13.0. The quantitative estimate of drug-likeness (QED) is 0.338. The Hall–Kier alpha value is -3.62. The highest BCUT2D eigenvalue weighted by Gasteiger charge is 2.23. The van der Waals surface area contributed by atoms with Gasteiger partial charge in [0, 0.05) is 43.0 Å².